The molecule has 1 amide bonds. The minimum Gasteiger partial charge on any atom is -0.366 e. The maximum atomic E-state index is 11.1. The molecule has 1 aromatic heterocycles. The van der Waals surface area contributed by atoms with Crippen LogP contribution >= 0.6 is 0 Å². The average molecular weight is 263 g/mol. The number of benzene rings is 2. The molecule has 2 aromatic carbocycles. The van der Waals surface area contributed by atoms with Gasteiger partial charge in [-0.15, -0.1) is 0 Å². The normalized spacial score (nSPS) is 10.4. The second kappa shape index (κ2) is 5.01. The predicted octanol–water partition coefficient (Wildman–Crippen LogP) is 2.84. The third-order valence-corrected chi connectivity index (χ3v) is 3.18. The molecule has 3 rings (SSSR count). The second-order valence-corrected chi connectivity index (χ2v) is 4.49. The molecule has 0 bridgehead atoms. The molecule has 3 aromatic rings. The van der Waals surface area contributed by atoms with Crippen LogP contribution in [0.2, 0.25) is 0 Å². The smallest absolute Gasteiger partial charge is 0.248 e. The van der Waals surface area contributed by atoms with E-state index in [1.807, 2.05) is 36.4 Å². The van der Waals surface area contributed by atoms with Crippen LogP contribution in [-0.2, 0) is 0 Å². The Bertz CT molecular complexity index is 731. The van der Waals surface area contributed by atoms with E-state index >= 15 is 0 Å². The van der Waals surface area contributed by atoms with E-state index < -0.39 is 5.91 Å². The highest BCUT2D eigenvalue weighted by Gasteiger charge is 2.04. The summed E-state index contributed by atoms with van der Waals surface area (Å²) in [5.41, 5.74) is 9.91. The number of carbonyl (C=O) groups excluding carboxylic acids is 1. The first-order valence-corrected chi connectivity index (χ1v) is 6.24. The minimum atomic E-state index is -0.414. The molecule has 0 radical (unpaired) electrons. The summed E-state index contributed by atoms with van der Waals surface area (Å²) in [4.78, 5) is 11.1. The van der Waals surface area contributed by atoms with Crippen LogP contribution in [0.1, 0.15) is 10.4 Å². The number of H-pyrrole nitrogens is 1. The van der Waals surface area contributed by atoms with Gasteiger partial charge in [-0.1, -0.05) is 30.3 Å². The van der Waals surface area contributed by atoms with Crippen molar-refractivity contribution in [3.05, 3.63) is 66.4 Å². The van der Waals surface area contributed by atoms with Gasteiger partial charge < -0.3 is 5.73 Å². The Kier molecular flexibility index (Phi) is 3.05. The fourth-order valence-electron chi connectivity index (χ4n) is 2.11. The monoisotopic (exact) mass is 263 g/mol. The quantitative estimate of drug-likeness (QED) is 0.762. The van der Waals surface area contributed by atoms with E-state index in [9.17, 15) is 4.79 Å². The zero-order valence-electron chi connectivity index (χ0n) is 10.7. The molecular weight excluding hydrogens is 250 g/mol. The molecule has 0 spiro atoms. The van der Waals surface area contributed by atoms with Crippen molar-refractivity contribution >= 4 is 5.91 Å². The van der Waals surface area contributed by atoms with E-state index in [-0.39, 0.29) is 0 Å². The standard InChI is InChI=1S/C16H13N3O/c17-16(20)12-6-4-11(5-7-12)13-2-1-3-14(10-13)15-8-9-18-19-15/h1-10H,(H2,17,20)(H,18,19). The molecule has 3 N–H and O–H groups in total. The summed E-state index contributed by atoms with van der Waals surface area (Å²) >= 11 is 0. The highest BCUT2D eigenvalue weighted by molar-refractivity contribution is 5.93. The first-order chi connectivity index (χ1) is 9.74. The number of nitrogens with one attached hydrogen (secondary N) is 1. The van der Waals surface area contributed by atoms with Crippen molar-refractivity contribution in [2.45, 2.75) is 0 Å². The lowest BCUT2D eigenvalue weighted by Crippen LogP contribution is -2.10. The van der Waals surface area contributed by atoms with Crippen molar-refractivity contribution in [1.82, 2.24) is 10.2 Å². The van der Waals surface area contributed by atoms with Crippen molar-refractivity contribution in [3.63, 3.8) is 0 Å². The largest absolute Gasteiger partial charge is 0.366 e. The number of rotatable bonds is 3. The number of amides is 1. The molecule has 4 nitrogen and oxygen atoms in total. The Hall–Kier alpha value is -2.88. The van der Waals surface area contributed by atoms with E-state index in [4.69, 9.17) is 5.73 Å². The first-order valence-electron chi connectivity index (χ1n) is 6.24. The van der Waals surface area contributed by atoms with Crippen LogP contribution in [0.3, 0.4) is 0 Å². The second-order valence-electron chi connectivity index (χ2n) is 4.49. The van der Waals surface area contributed by atoms with Crippen molar-refractivity contribution in [2.24, 2.45) is 5.73 Å². The molecule has 4 heteroatoms. The highest BCUT2D eigenvalue weighted by atomic mass is 16.1. The summed E-state index contributed by atoms with van der Waals surface area (Å²) in [6.45, 7) is 0. The van der Waals surface area contributed by atoms with Crippen molar-refractivity contribution < 1.29 is 4.79 Å². The van der Waals surface area contributed by atoms with E-state index in [0.717, 1.165) is 22.4 Å². The van der Waals surface area contributed by atoms with Crippen molar-refractivity contribution in [3.8, 4) is 22.4 Å². The maximum Gasteiger partial charge on any atom is 0.248 e. The molecule has 0 saturated heterocycles. The molecule has 0 aliphatic rings. The molecule has 0 atom stereocenters. The Balaban J connectivity index is 1.98. The van der Waals surface area contributed by atoms with Gasteiger partial charge in [0.1, 0.15) is 0 Å². The van der Waals surface area contributed by atoms with Gasteiger partial charge in [-0.3, -0.25) is 9.89 Å². The maximum absolute atomic E-state index is 11.1. The average Bonchev–Trinajstić information content (AvgIpc) is 3.02. The number of aromatic nitrogens is 2. The van der Waals surface area contributed by atoms with E-state index in [0.29, 0.717) is 5.56 Å². The third-order valence-electron chi connectivity index (χ3n) is 3.18. The van der Waals surface area contributed by atoms with E-state index in [1.165, 1.54) is 0 Å². The van der Waals surface area contributed by atoms with Crippen molar-refractivity contribution in [1.29, 1.82) is 0 Å². The Morgan fingerprint density at radius 1 is 0.950 bits per heavy atom. The lowest BCUT2D eigenvalue weighted by atomic mass is 10.0. The van der Waals surface area contributed by atoms with Gasteiger partial charge in [-0.2, -0.15) is 5.10 Å². The van der Waals surface area contributed by atoms with Crippen LogP contribution in [0.5, 0.6) is 0 Å². The van der Waals surface area contributed by atoms with Crippen LogP contribution in [0.15, 0.2) is 60.8 Å². The van der Waals surface area contributed by atoms with Crippen LogP contribution in [0.4, 0.5) is 0 Å². The van der Waals surface area contributed by atoms with Gasteiger partial charge in [0, 0.05) is 17.3 Å². The number of nitrogens with two attached hydrogens (primary N) is 1. The molecule has 0 saturated carbocycles. The van der Waals surface area contributed by atoms with Crippen LogP contribution in [0.25, 0.3) is 22.4 Å². The zero-order valence-corrected chi connectivity index (χ0v) is 10.7. The van der Waals surface area contributed by atoms with Gasteiger partial charge in [0.05, 0.1) is 5.69 Å². The molecule has 98 valence electrons. The lowest BCUT2D eigenvalue weighted by Gasteiger charge is -2.05. The zero-order chi connectivity index (χ0) is 13.9. The number of nitrogens with zero attached hydrogens (tertiary/aromatic N) is 1. The fourth-order valence-corrected chi connectivity index (χ4v) is 2.11. The molecule has 20 heavy (non-hydrogen) atoms. The molecule has 0 aliphatic heterocycles. The number of hydrogen-bond donors (Lipinski definition) is 2. The molecule has 0 aliphatic carbocycles. The number of aromatic amines is 1. The summed E-state index contributed by atoms with van der Waals surface area (Å²) in [5.74, 6) is -0.414. The molecular formula is C16H13N3O. The fraction of sp³-hybridized carbons (Fsp3) is 0. The summed E-state index contributed by atoms with van der Waals surface area (Å²) < 4.78 is 0. The minimum absolute atomic E-state index is 0.414. The van der Waals surface area contributed by atoms with Crippen LogP contribution in [0, 0.1) is 0 Å². The van der Waals surface area contributed by atoms with Crippen LogP contribution in [-0.4, -0.2) is 16.1 Å². The predicted molar refractivity (Wildman–Crippen MR) is 78.0 cm³/mol. The summed E-state index contributed by atoms with van der Waals surface area (Å²) in [5, 5.41) is 6.90. The summed E-state index contributed by atoms with van der Waals surface area (Å²) in [6.07, 6.45) is 1.73. The van der Waals surface area contributed by atoms with Crippen molar-refractivity contribution in [2.75, 3.05) is 0 Å². The number of hydrogen-bond acceptors (Lipinski definition) is 2. The number of primary amides is 1. The van der Waals surface area contributed by atoms with Gasteiger partial charge in [0.25, 0.3) is 0 Å². The Morgan fingerprint density at radius 2 is 1.70 bits per heavy atom. The SMILES string of the molecule is NC(=O)c1ccc(-c2cccc(-c3ccn[nH]3)c2)cc1. The number of carbonyl (C=O) groups is 1. The van der Waals surface area contributed by atoms with Gasteiger partial charge in [-0.05, 0) is 35.4 Å². The third kappa shape index (κ3) is 2.31. The Morgan fingerprint density at radius 3 is 2.35 bits per heavy atom. The first kappa shape index (κ1) is 12.2. The highest BCUT2D eigenvalue weighted by Crippen LogP contribution is 2.25. The Labute approximate surface area is 116 Å². The van der Waals surface area contributed by atoms with Gasteiger partial charge in [-0.25, -0.2) is 0 Å². The van der Waals surface area contributed by atoms with Gasteiger partial charge >= 0.3 is 0 Å². The summed E-state index contributed by atoms with van der Waals surface area (Å²) in [6, 6.07) is 17.3. The molecule has 0 fully saturated rings. The molecule has 1 heterocycles. The van der Waals surface area contributed by atoms with Gasteiger partial charge in [0.2, 0.25) is 5.91 Å². The van der Waals surface area contributed by atoms with Crippen LogP contribution < -0.4 is 5.73 Å². The summed E-state index contributed by atoms with van der Waals surface area (Å²) in [7, 11) is 0. The van der Waals surface area contributed by atoms with Gasteiger partial charge in [0.15, 0.2) is 0 Å². The lowest BCUT2D eigenvalue weighted by molar-refractivity contribution is 0.100. The van der Waals surface area contributed by atoms with E-state index in [2.05, 4.69) is 16.3 Å². The van der Waals surface area contributed by atoms with E-state index in [1.54, 1.807) is 18.3 Å². The molecule has 0 unspecified atom stereocenters. The topological polar surface area (TPSA) is 71.8 Å².